The third-order valence-electron chi connectivity index (χ3n) is 5.28. The van der Waals surface area contributed by atoms with Crippen LogP contribution in [-0.4, -0.2) is 58.3 Å². The Balaban J connectivity index is 1.48. The maximum Gasteiger partial charge on any atom is 0.195 e. The molecule has 158 valence electrons. The van der Waals surface area contributed by atoms with Gasteiger partial charge in [-0.2, -0.15) is 0 Å². The summed E-state index contributed by atoms with van der Waals surface area (Å²) in [6.45, 7) is 9.58. The van der Waals surface area contributed by atoms with Gasteiger partial charge in [0.1, 0.15) is 0 Å². The summed E-state index contributed by atoms with van der Waals surface area (Å²) in [5.74, 6) is 1.89. The molecule has 1 aliphatic heterocycles. The number of hydrogen-bond donors (Lipinski definition) is 1. The molecule has 0 radical (unpaired) electrons. The van der Waals surface area contributed by atoms with Gasteiger partial charge in [0.25, 0.3) is 0 Å². The molecule has 0 atom stereocenters. The van der Waals surface area contributed by atoms with Gasteiger partial charge in [0.05, 0.1) is 19.8 Å². The van der Waals surface area contributed by atoms with Crippen molar-refractivity contribution in [3.63, 3.8) is 0 Å². The molecule has 0 saturated carbocycles. The van der Waals surface area contributed by atoms with E-state index in [9.17, 15) is 0 Å². The van der Waals surface area contributed by atoms with Crippen LogP contribution in [0.5, 0.6) is 0 Å². The maximum atomic E-state index is 5.44. The first-order valence-corrected chi connectivity index (χ1v) is 11.4. The largest absolute Gasteiger partial charge is 0.379 e. The maximum absolute atomic E-state index is 5.44. The lowest BCUT2D eigenvalue weighted by Gasteiger charge is -2.26. The number of aromatic nitrogens is 3. The van der Waals surface area contributed by atoms with Crippen LogP contribution in [-0.2, 0) is 11.3 Å². The topological polar surface area (TPSA) is 55.2 Å². The monoisotopic (exact) mass is 423 g/mol. The Morgan fingerprint density at radius 1 is 1.03 bits per heavy atom. The first-order valence-electron chi connectivity index (χ1n) is 10.4. The fraction of sp³-hybridized carbons (Fsp3) is 0.391. The van der Waals surface area contributed by atoms with E-state index in [1.54, 1.807) is 11.8 Å². The molecule has 2 aromatic carbocycles. The summed E-state index contributed by atoms with van der Waals surface area (Å²) in [5, 5.41) is 13.5. The second-order valence-corrected chi connectivity index (χ2v) is 8.61. The molecule has 2 heterocycles. The second-order valence-electron chi connectivity index (χ2n) is 7.54. The van der Waals surface area contributed by atoms with E-state index in [4.69, 9.17) is 4.74 Å². The normalized spacial score (nSPS) is 14.7. The Kier molecular flexibility index (Phi) is 7.04. The van der Waals surface area contributed by atoms with E-state index < -0.39 is 0 Å². The smallest absolute Gasteiger partial charge is 0.195 e. The van der Waals surface area contributed by atoms with E-state index in [-0.39, 0.29) is 0 Å². The van der Waals surface area contributed by atoms with Crippen molar-refractivity contribution in [3.05, 3.63) is 65.5 Å². The molecule has 1 aromatic heterocycles. The minimum absolute atomic E-state index is 0.621. The highest BCUT2D eigenvalue weighted by Gasteiger charge is 2.16. The van der Waals surface area contributed by atoms with Crippen molar-refractivity contribution in [2.24, 2.45) is 0 Å². The molecular formula is C23H29N5OS. The molecule has 30 heavy (non-hydrogen) atoms. The summed E-state index contributed by atoms with van der Waals surface area (Å²) >= 11 is 1.76. The number of anilines is 1. The van der Waals surface area contributed by atoms with Crippen molar-refractivity contribution in [2.45, 2.75) is 25.5 Å². The minimum atomic E-state index is 0.621. The number of aryl methyl sites for hydroxylation is 2. The van der Waals surface area contributed by atoms with Gasteiger partial charge in [-0.05, 0) is 37.6 Å². The van der Waals surface area contributed by atoms with Crippen molar-refractivity contribution in [3.8, 4) is 5.69 Å². The zero-order valence-electron chi connectivity index (χ0n) is 17.7. The number of rotatable bonds is 8. The van der Waals surface area contributed by atoms with E-state index in [1.165, 1.54) is 11.1 Å². The van der Waals surface area contributed by atoms with Gasteiger partial charge in [0.15, 0.2) is 11.0 Å². The molecule has 0 spiro atoms. The van der Waals surface area contributed by atoms with Gasteiger partial charge in [0.2, 0.25) is 0 Å². The molecule has 0 unspecified atom stereocenters. The van der Waals surface area contributed by atoms with Crippen LogP contribution in [0.4, 0.5) is 5.69 Å². The Morgan fingerprint density at radius 3 is 2.60 bits per heavy atom. The van der Waals surface area contributed by atoms with Gasteiger partial charge in [0, 0.05) is 36.8 Å². The van der Waals surface area contributed by atoms with Gasteiger partial charge in [-0.1, -0.05) is 47.7 Å². The van der Waals surface area contributed by atoms with Crippen molar-refractivity contribution >= 4 is 17.4 Å². The van der Waals surface area contributed by atoms with Crippen LogP contribution in [0.15, 0.2) is 53.7 Å². The number of nitrogens with zero attached hydrogens (tertiary/aromatic N) is 4. The van der Waals surface area contributed by atoms with Crippen molar-refractivity contribution in [2.75, 3.05) is 43.9 Å². The van der Waals surface area contributed by atoms with Gasteiger partial charge in [-0.3, -0.25) is 9.47 Å². The van der Waals surface area contributed by atoms with Crippen LogP contribution in [0.3, 0.4) is 0 Å². The van der Waals surface area contributed by atoms with Crippen molar-refractivity contribution < 1.29 is 4.74 Å². The number of thioether (sulfide) groups is 1. The van der Waals surface area contributed by atoms with E-state index in [0.29, 0.717) is 6.54 Å². The molecule has 0 amide bonds. The Labute approximate surface area is 182 Å². The average Bonchev–Trinajstić information content (AvgIpc) is 3.17. The average molecular weight is 424 g/mol. The summed E-state index contributed by atoms with van der Waals surface area (Å²) in [7, 11) is 0. The number of para-hydroxylation sites is 1. The van der Waals surface area contributed by atoms with Crippen LogP contribution in [0.2, 0.25) is 0 Å². The molecule has 0 aliphatic carbocycles. The molecule has 3 aromatic rings. The molecule has 7 heteroatoms. The zero-order valence-corrected chi connectivity index (χ0v) is 18.5. The highest BCUT2D eigenvalue weighted by Crippen LogP contribution is 2.23. The highest BCUT2D eigenvalue weighted by atomic mass is 32.2. The van der Waals surface area contributed by atoms with Gasteiger partial charge < -0.3 is 10.1 Å². The Bertz CT molecular complexity index is 953. The van der Waals surface area contributed by atoms with Crippen LogP contribution >= 0.6 is 11.8 Å². The SMILES string of the molecule is Cc1ccc(NCc2nnc(SCCN3CCOCC3)n2-c2ccccc2)c(C)c1. The summed E-state index contributed by atoms with van der Waals surface area (Å²) in [6, 6.07) is 16.8. The number of ether oxygens (including phenoxy) is 1. The number of hydrogen-bond acceptors (Lipinski definition) is 6. The number of morpholine rings is 1. The van der Waals surface area contributed by atoms with E-state index >= 15 is 0 Å². The number of benzene rings is 2. The van der Waals surface area contributed by atoms with E-state index in [2.05, 4.69) is 81.3 Å². The van der Waals surface area contributed by atoms with Gasteiger partial charge in [-0.15, -0.1) is 10.2 Å². The van der Waals surface area contributed by atoms with Crippen molar-refractivity contribution in [1.29, 1.82) is 0 Å². The molecule has 1 fully saturated rings. The lowest BCUT2D eigenvalue weighted by Crippen LogP contribution is -2.37. The fourth-order valence-corrected chi connectivity index (χ4v) is 4.59. The Morgan fingerprint density at radius 2 is 1.83 bits per heavy atom. The molecule has 4 rings (SSSR count). The predicted octanol–water partition coefficient (Wildman–Crippen LogP) is 3.92. The fourth-order valence-electron chi connectivity index (χ4n) is 3.62. The standard InChI is InChI=1S/C23H29N5OS/c1-18-8-9-21(19(2)16-18)24-17-22-25-26-23(28(22)20-6-4-3-5-7-20)30-15-12-27-10-13-29-14-11-27/h3-9,16,24H,10-15,17H2,1-2H3. The lowest BCUT2D eigenvalue weighted by molar-refractivity contribution is 0.0410. The highest BCUT2D eigenvalue weighted by molar-refractivity contribution is 7.99. The molecule has 1 aliphatic rings. The number of nitrogens with one attached hydrogen (secondary N) is 1. The van der Waals surface area contributed by atoms with Gasteiger partial charge in [-0.25, -0.2) is 0 Å². The second kappa shape index (κ2) is 10.1. The lowest BCUT2D eigenvalue weighted by atomic mass is 10.1. The Hall–Kier alpha value is -2.35. The van der Waals surface area contributed by atoms with E-state index in [1.807, 2.05) is 6.07 Å². The van der Waals surface area contributed by atoms with Gasteiger partial charge >= 0.3 is 0 Å². The molecular weight excluding hydrogens is 394 g/mol. The third-order valence-corrected chi connectivity index (χ3v) is 6.19. The summed E-state index contributed by atoms with van der Waals surface area (Å²) < 4.78 is 7.61. The summed E-state index contributed by atoms with van der Waals surface area (Å²) in [6.07, 6.45) is 0. The quantitative estimate of drug-likeness (QED) is 0.554. The van der Waals surface area contributed by atoms with Crippen LogP contribution in [0.25, 0.3) is 5.69 Å². The molecule has 6 nitrogen and oxygen atoms in total. The first kappa shape index (κ1) is 20.9. The predicted molar refractivity (Wildman–Crippen MR) is 123 cm³/mol. The van der Waals surface area contributed by atoms with Crippen molar-refractivity contribution in [1.82, 2.24) is 19.7 Å². The van der Waals surface area contributed by atoms with Crippen LogP contribution in [0, 0.1) is 13.8 Å². The third kappa shape index (κ3) is 5.22. The first-order chi connectivity index (χ1) is 14.7. The molecule has 1 saturated heterocycles. The summed E-state index contributed by atoms with van der Waals surface area (Å²) in [4.78, 5) is 2.45. The minimum Gasteiger partial charge on any atom is -0.379 e. The van der Waals surface area contributed by atoms with E-state index in [0.717, 1.165) is 61.0 Å². The molecule has 0 bridgehead atoms. The molecule has 1 N–H and O–H groups in total. The summed E-state index contributed by atoms with van der Waals surface area (Å²) in [5.41, 5.74) is 4.73. The van der Waals surface area contributed by atoms with Crippen LogP contribution < -0.4 is 5.32 Å². The van der Waals surface area contributed by atoms with Crippen LogP contribution in [0.1, 0.15) is 17.0 Å². The zero-order chi connectivity index (χ0) is 20.8.